The predicted molar refractivity (Wildman–Crippen MR) is 110 cm³/mol. The van der Waals surface area contributed by atoms with Crippen molar-refractivity contribution in [2.75, 3.05) is 26.2 Å². The fourth-order valence-corrected chi connectivity index (χ4v) is 3.42. The van der Waals surface area contributed by atoms with Gasteiger partial charge in [-0.05, 0) is 30.6 Å². The van der Waals surface area contributed by atoms with Crippen molar-refractivity contribution in [3.05, 3.63) is 65.1 Å². The van der Waals surface area contributed by atoms with Crippen LogP contribution in [-0.2, 0) is 4.74 Å². The molecule has 0 spiro atoms. The molecule has 6 heteroatoms. The Morgan fingerprint density at radius 1 is 1.11 bits per heavy atom. The summed E-state index contributed by atoms with van der Waals surface area (Å²) in [6.07, 6.45) is 1.43. The van der Waals surface area contributed by atoms with E-state index in [2.05, 4.69) is 23.7 Å². The highest BCUT2D eigenvalue weighted by Crippen LogP contribution is 2.35. The molecule has 146 valence electrons. The molecule has 3 aromatic rings. The summed E-state index contributed by atoms with van der Waals surface area (Å²) in [5.74, 6) is -0.901. The van der Waals surface area contributed by atoms with Gasteiger partial charge in [-0.1, -0.05) is 55.8 Å². The summed E-state index contributed by atoms with van der Waals surface area (Å²) < 4.78 is 19.9. The molecule has 0 bridgehead atoms. The van der Waals surface area contributed by atoms with Gasteiger partial charge in [0.1, 0.15) is 12.4 Å². The Hall–Kier alpha value is -2.50. The normalized spacial score (nSPS) is 11.2. The molecule has 0 saturated carbocycles. The first-order valence-corrected chi connectivity index (χ1v) is 9.66. The molecule has 0 N–H and O–H groups in total. The summed E-state index contributed by atoms with van der Waals surface area (Å²) in [4.78, 5) is 19.2. The Labute approximate surface area is 168 Å². The molecule has 1 heterocycles. The van der Waals surface area contributed by atoms with Gasteiger partial charge in [-0.25, -0.2) is 9.18 Å². The second-order valence-corrected chi connectivity index (χ2v) is 6.73. The standard InChI is InChI=1S/C22H22ClFN2O2/c1-3-26(4-2)12-13-28-22(27)17-14-25-21(16-9-6-5-8-15(16)17)20-18(23)10-7-11-19(20)24/h5-11,14H,3-4,12-13H2,1-2H3. The van der Waals surface area contributed by atoms with Crippen LogP contribution in [0.25, 0.3) is 22.0 Å². The third-order valence-electron chi connectivity index (χ3n) is 4.75. The van der Waals surface area contributed by atoms with Crippen LogP contribution in [0.2, 0.25) is 5.02 Å². The van der Waals surface area contributed by atoms with Gasteiger partial charge < -0.3 is 9.64 Å². The molecule has 0 aliphatic rings. The molecule has 0 unspecified atom stereocenters. The van der Waals surface area contributed by atoms with Gasteiger partial charge in [-0.3, -0.25) is 4.98 Å². The maximum atomic E-state index is 14.4. The average molecular weight is 401 g/mol. The van der Waals surface area contributed by atoms with Crippen LogP contribution >= 0.6 is 11.6 Å². The van der Waals surface area contributed by atoms with Crippen LogP contribution in [0.5, 0.6) is 0 Å². The number of esters is 1. The number of benzene rings is 2. The Morgan fingerprint density at radius 3 is 2.50 bits per heavy atom. The summed E-state index contributed by atoms with van der Waals surface area (Å²) in [7, 11) is 0. The van der Waals surface area contributed by atoms with Crippen molar-refractivity contribution in [3.8, 4) is 11.3 Å². The fourth-order valence-electron chi connectivity index (χ4n) is 3.16. The van der Waals surface area contributed by atoms with E-state index in [1.54, 1.807) is 24.3 Å². The van der Waals surface area contributed by atoms with Crippen molar-refractivity contribution in [1.82, 2.24) is 9.88 Å². The predicted octanol–water partition coefficient (Wildman–Crippen LogP) is 5.19. The molecule has 0 atom stereocenters. The lowest BCUT2D eigenvalue weighted by Crippen LogP contribution is -2.28. The molecule has 1 aromatic heterocycles. The number of likely N-dealkylation sites (N-methyl/N-ethyl adjacent to an activating group) is 1. The van der Waals surface area contributed by atoms with Gasteiger partial charge in [-0.15, -0.1) is 0 Å². The second-order valence-electron chi connectivity index (χ2n) is 6.33. The van der Waals surface area contributed by atoms with Gasteiger partial charge in [0.2, 0.25) is 0 Å². The molecule has 0 aliphatic carbocycles. The number of nitrogens with zero attached hydrogens (tertiary/aromatic N) is 2. The number of rotatable bonds is 7. The molecule has 0 radical (unpaired) electrons. The topological polar surface area (TPSA) is 42.4 Å². The number of hydrogen-bond donors (Lipinski definition) is 0. The van der Waals surface area contributed by atoms with E-state index in [4.69, 9.17) is 16.3 Å². The van der Waals surface area contributed by atoms with Crippen LogP contribution in [0, 0.1) is 5.82 Å². The van der Waals surface area contributed by atoms with E-state index in [-0.39, 0.29) is 10.6 Å². The van der Waals surface area contributed by atoms with Crippen LogP contribution in [-0.4, -0.2) is 42.1 Å². The second kappa shape index (κ2) is 9.13. The Bertz CT molecular complexity index is 969. The van der Waals surface area contributed by atoms with Crippen molar-refractivity contribution in [1.29, 1.82) is 0 Å². The number of ether oxygens (including phenoxy) is 1. The summed E-state index contributed by atoms with van der Waals surface area (Å²) in [5, 5.41) is 1.57. The highest BCUT2D eigenvalue weighted by atomic mass is 35.5. The van der Waals surface area contributed by atoms with Gasteiger partial charge in [0.15, 0.2) is 0 Å². The molecule has 0 aliphatic heterocycles. The minimum atomic E-state index is -0.459. The van der Waals surface area contributed by atoms with Crippen molar-refractivity contribution in [2.24, 2.45) is 0 Å². The highest BCUT2D eigenvalue weighted by Gasteiger charge is 2.19. The summed E-state index contributed by atoms with van der Waals surface area (Å²) in [5.41, 5.74) is 0.978. The smallest absolute Gasteiger partial charge is 0.340 e. The van der Waals surface area contributed by atoms with E-state index in [1.807, 2.05) is 12.1 Å². The molecule has 4 nitrogen and oxygen atoms in total. The number of carbonyl (C=O) groups is 1. The van der Waals surface area contributed by atoms with Gasteiger partial charge in [0.25, 0.3) is 0 Å². The minimum absolute atomic E-state index is 0.224. The van der Waals surface area contributed by atoms with E-state index in [9.17, 15) is 9.18 Å². The Balaban J connectivity index is 1.96. The third-order valence-corrected chi connectivity index (χ3v) is 5.06. The van der Waals surface area contributed by atoms with Gasteiger partial charge in [0.05, 0.1) is 21.8 Å². The molecule has 0 fully saturated rings. The lowest BCUT2D eigenvalue weighted by molar-refractivity contribution is 0.0468. The van der Waals surface area contributed by atoms with Crippen molar-refractivity contribution < 1.29 is 13.9 Å². The van der Waals surface area contributed by atoms with Crippen molar-refractivity contribution in [3.63, 3.8) is 0 Å². The first-order chi connectivity index (χ1) is 13.6. The SMILES string of the molecule is CCN(CC)CCOC(=O)c1cnc(-c2c(F)cccc2Cl)c2ccccc12. The largest absolute Gasteiger partial charge is 0.461 e. The number of hydrogen-bond acceptors (Lipinski definition) is 4. The van der Waals surface area contributed by atoms with Gasteiger partial charge in [0, 0.05) is 18.1 Å². The number of pyridine rings is 1. The Kier molecular flexibility index (Phi) is 6.60. The highest BCUT2D eigenvalue weighted by molar-refractivity contribution is 6.33. The van der Waals surface area contributed by atoms with Crippen molar-refractivity contribution >= 4 is 28.3 Å². The first-order valence-electron chi connectivity index (χ1n) is 9.28. The summed E-state index contributed by atoms with van der Waals surface area (Å²) >= 11 is 6.22. The molecule has 28 heavy (non-hydrogen) atoms. The molecule has 3 rings (SSSR count). The zero-order valence-electron chi connectivity index (χ0n) is 15.9. The first kappa shape index (κ1) is 20.2. The number of halogens is 2. The van der Waals surface area contributed by atoms with E-state index in [0.29, 0.717) is 35.2 Å². The number of fused-ring (bicyclic) bond motifs is 1. The monoisotopic (exact) mass is 400 g/mol. The zero-order valence-corrected chi connectivity index (χ0v) is 16.7. The molecule has 0 amide bonds. The van der Waals surface area contributed by atoms with E-state index >= 15 is 0 Å². The fraction of sp³-hybridized carbons (Fsp3) is 0.273. The lowest BCUT2D eigenvalue weighted by Gasteiger charge is -2.17. The van der Waals surface area contributed by atoms with Crippen LogP contribution in [0.4, 0.5) is 4.39 Å². The van der Waals surface area contributed by atoms with Gasteiger partial charge in [-0.2, -0.15) is 0 Å². The molecular formula is C22H22ClFN2O2. The van der Waals surface area contributed by atoms with Crippen LogP contribution < -0.4 is 0 Å². The molecule has 2 aromatic carbocycles. The number of aromatic nitrogens is 1. The minimum Gasteiger partial charge on any atom is -0.461 e. The molecule has 0 saturated heterocycles. The van der Waals surface area contributed by atoms with E-state index < -0.39 is 11.8 Å². The third kappa shape index (κ3) is 4.16. The number of carbonyl (C=O) groups excluding carboxylic acids is 1. The zero-order chi connectivity index (χ0) is 20.1. The average Bonchev–Trinajstić information content (AvgIpc) is 2.71. The summed E-state index contributed by atoms with van der Waals surface area (Å²) in [6, 6.07) is 11.7. The molecular weight excluding hydrogens is 379 g/mol. The summed E-state index contributed by atoms with van der Waals surface area (Å²) in [6.45, 7) is 6.90. The van der Waals surface area contributed by atoms with Crippen LogP contribution in [0.15, 0.2) is 48.7 Å². The maximum absolute atomic E-state index is 14.4. The van der Waals surface area contributed by atoms with Gasteiger partial charge >= 0.3 is 5.97 Å². The van der Waals surface area contributed by atoms with Crippen LogP contribution in [0.3, 0.4) is 0 Å². The van der Waals surface area contributed by atoms with E-state index in [0.717, 1.165) is 13.1 Å². The maximum Gasteiger partial charge on any atom is 0.340 e. The lowest BCUT2D eigenvalue weighted by atomic mass is 10.0. The van der Waals surface area contributed by atoms with Crippen molar-refractivity contribution in [2.45, 2.75) is 13.8 Å². The van der Waals surface area contributed by atoms with Crippen LogP contribution in [0.1, 0.15) is 24.2 Å². The van der Waals surface area contributed by atoms with E-state index in [1.165, 1.54) is 12.3 Å². The Morgan fingerprint density at radius 2 is 1.82 bits per heavy atom. The quantitative estimate of drug-likeness (QED) is 0.511.